The largest absolute Gasteiger partial charge is 0.497 e. The van der Waals surface area contributed by atoms with E-state index in [1.807, 2.05) is 18.2 Å². The third kappa shape index (κ3) is 3.54. The normalized spacial score (nSPS) is 15.2. The van der Waals surface area contributed by atoms with Gasteiger partial charge in [-0.3, -0.25) is 4.79 Å². The van der Waals surface area contributed by atoms with Gasteiger partial charge < -0.3 is 18.9 Å². The molecule has 0 amide bonds. The number of ether oxygens (including phenoxy) is 4. The van der Waals surface area contributed by atoms with Gasteiger partial charge in [-0.15, -0.1) is 0 Å². The van der Waals surface area contributed by atoms with E-state index in [4.69, 9.17) is 14.2 Å². The van der Waals surface area contributed by atoms with Gasteiger partial charge >= 0.3 is 5.97 Å². The maximum absolute atomic E-state index is 12.5. The second-order valence-electron chi connectivity index (χ2n) is 5.66. The third-order valence-corrected chi connectivity index (χ3v) is 3.88. The van der Waals surface area contributed by atoms with E-state index in [2.05, 4.69) is 4.74 Å². The first kappa shape index (κ1) is 17.5. The lowest BCUT2D eigenvalue weighted by molar-refractivity contribution is -0.147. The average molecular weight is 354 g/mol. The molecule has 0 saturated heterocycles. The summed E-state index contributed by atoms with van der Waals surface area (Å²) in [6, 6.07) is 12.1. The van der Waals surface area contributed by atoms with Crippen molar-refractivity contribution in [3.05, 3.63) is 59.4 Å². The first-order valence-electron chi connectivity index (χ1n) is 7.98. The van der Waals surface area contributed by atoms with Crippen LogP contribution in [-0.4, -0.2) is 32.1 Å². The topological polar surface area (TPSA) is 71.1 Å². The molecule has 1 unspecified atom stereocenters. The lowest BCUT2D eigenvalue weighted by Crippen LogP contribution is -2.24. The maximum Gasteiger partial charge on any atom is 0.346 e. The summed E-state index contributed by atoms with van der Waals surface area (Å²) in [5, 5.41) is 0. The molecular weight excluding hydrogens is 336 g/mol. The molecule has 6 heteroatoms. The predicted molar refractivity (Wildman–Crippen MR) is 94.5 cm³/mol. The van der Waals surface area contributed by atoms with Crippen molar-refractivity contribution in [3.8, 4) is 17.2 Å². The van der Waals surface area contributed by atoms with Gasteiger partial charge in [-0.25, -0.2) is 4.79 Å². The van der Waals surface area contributed by atoms with Gasteiger partial charge in [-0.05, 0) is 42.8 Å². The molecular formula is C20H18O6. The number of ketones is 1. The standard InChI is InChI=1S/C20H18O6/c1-12(20(22)24-3)25-15-7-8-16-17(11-15)26-18(19(16)21)10-13-5-4-6-14(9-13)23-2/h4-12H,1-3H3. The first-order valence-corrected chi connectivity index (χ1v) is 7.98. The van der Waals surface area contributed by atoms with Crippen LogP contribution >= 0.6 is 0 Å². The van der Waals surface area contributed by atoms with Crippen LogP contribution in [0.25, 0.3) is 6.08 Å². The molecule has 0 N–H and O–H groups in total. The molecule has 0 aliphatic carbocycles. The zero-order valence-corrected chi connectivity index (χ0v) is 14.6. The number of hydrogen-bond donors (Lipinski definition) is 0. The number of rotatable bonds is 5. The highest BCUT2D eigenvalue weighted by molar-refractivity contribution is 6.14. The van der Waals surface area contributed by atoms with E-state index in [1.54, 1.807) is 44.4 Å². The van der Waals surface area contributed by atoms with E-state index in [9.17, 15) is 9.59 Å². The van der Waals surface area contributed by atoms with Crippen LogP contribution < -0.4 is 14.2 Å². The van der Waals surface area contributed by atoms with Crippen molar-refractivity contribution < 1.29 is 28.5 Å². The van der Waals surface area contributed by atoms with Crippen LogP contribution in [0.15, 0.2) is 48.2 Å². The Morgan fingerprint density at radius 3 is 2.65 bits per heavy atom. The van der Waals surface area contributed by atoms with Crippen LogP contribution in [0.5, 0.6) is 17.2 Å². The minimum absolute atomic E-state index is 0.213. The Labute approximate surface area is 150 Å². The Hall–Kier alpha value is -3.28. The van der Waals surface area contributed by atoms with Crippen LogP contribution in [0, 0.1) is 0 Å². The molecule has 0 saturated carbocycles. The number of fused-ring (bicyclic) bond motifs is 1. The minimum atomic E-state index is -0.762. The van der Waals surface area contributed by atoms with Crippen LogP contribution in [0.1, 0.15) is 22.8 Å². The molecule has 0 aromatic heterocycles. The molecule has 0 bridgehead atoms. The van der Waals surface area contributed by atoms with Gasteiger partial charge in [-0.1, -0.05) is 12.1 Å². The van der Waals surface area contributed by atoms with E-state index in [-0.39, 0.29) is 11.5 Å². The number of carbonyl (C=O) groups excluding carboxylic acids is 2. The average Bonchev–Trinajstić information content (AvgIpc) is 2.96. The Morgan fingerprint density at radius 1 is 1.12 bits per heavy atom. The molecule has 134 valence electrons. The Balaban J connectivity index is 1.82. The van der Waals surface area contributed by atoms with E-state index in [1.165, 1.54) is 7.11 Å². The monoisotopic (exact) mass is 354 g/mol. The van der Waals surface area contributed by atoms with Crippen molar-refractivity contribution >= 4 is 17.8 Å². The SMILES string of the molecule is COC(=O)C(C)Oc1ccc2c(c1)OC(=Cc1cccc(OC)c1)C2=O. The number of Topliss-reactive ketones (excluding diaryl/α,β-unsaturated/α-hetero) is 1. The van der Waals surface area contributed by atoms with Crippen molar-refractivity contribution in [3.63, 3.8) is 0 Å². The highest BCUT2D eigenvalue weighted by Crippen LogP contribution is 2.35. The summed E-state index contributed by atoms with van der Waals surface area (Å²) in [7, 11) is 2.87. The molecule has 3 rings (SSSR count). The zero-order valence-electron chi connectivity index (χ0n) is 14.6. The van der Waals surface area contributed by atoms with Gasteiger partial charge in [0.2, 0.25) is 5.78 Å². The lowest BCUT2D eigenvalue weighted by Gasteiger charge is -2.12. The highest BCUT2D eigenvalue weighted by atomic mass is 16.6. The van der Waals surface area contributed by atoms with Gasteiger partial charge in [0.15, 0.2) is 11.9 Å². The second-order valence-corrected chi connectivity index (χ2v) is 5.66. The Bertz CT molecular complexity index is 884. The number of carbonyl (C=O) groups is 2. The van der Waals surface area contributed by atoms with Crippen molar-refractivity contribution in [1.29, 1.82) is 0 Å². The quantitative estimate of drug-likeness (QED) is 0.606. The molecule has 0 radical (unpaired) electrons. The van der Waals surface area contributed by atoms with Crippen LogP contribution in [0.4, 0.5) is 0 Å². The number of allylic oxidation sites excluding steroid dienone is 1. The summed E-state index contributed by atoms with van der Waals surface area (Å²) in [5.74, 6) is 1.01. The molecule has 2 aromatic carbocycles. The van der Waals surface area contributed by atoms with Gasteiger partial charge in [-0.2, -0.15) is 0 Å². The fourth-order valence-electron chi connectivity index (χ4n) is 2.54. The van der Waals surface area contributed by atoms with Crippen LogP contribution in [0.3, 0.4) is 0 Å². The number of benzene rings is 2. The molecule has 1 aliphatic heterocycles. The number of hydrogen-bond acceptors (Lipinski definition) is 6. The van der Waals surface area contributed by atoms with Crippen LogP contribution in [-0.2, 0) is 9.53 Å². The molecule has 1 heterocycles. The van der Waals surface area contributed by atoms with E-state index in [0.29, 0.717) is 22.8 Å². The molecule has 0 spiro atoms. The van der Waals surface area contributed by atoms with Crippen molar-refractivity contribution in [1.82, 2.24) is 0 Å². The Morgan fingerprint density at radius 2 is 1.92 bits per heavy atom. The molecule has 0 fully saturated rings. The third-order valence-electron chi connectivity index (χ3n) is 3.88. The van der Waals surface area contributed by atoms with Gasteiger partial charge in [0.1, 0.15) is 17.2 Å². The summed E-state index contributed by atoms with van der Waals surface area (Å²) >= 11 is 0. The first-order chi connectivity index (χ1) is 12.5. The molecule has 6 nitrogen and oxygen atoms in total. The highest BCUT2D eigenvalue weighted by Gasteiger charge is 2.28. The lowest BCUT2D eigenvalue weighted by atomic mass is 10.1. The molecule has 26 heavy (non-hydrogen) atoms. The fourth-order valence-corrected chi connectivity index (χ4v) is 2.54. The maximum atomic E-state index is 12.5. The summed E-state index contributed by atoms with van der Waals surface area (Å²) < 4.78 is 21.0. The van der Waals surface area contributed by atoms with Gasteiger partial charge in [0.25, 0.3) is 0 Å². The summed E-state index contributed by atoms with van der Waals surface area (Å²) in [6.07, 6.45) is 0.893. The smallest absolute Gasteiger partial charge is 0.346 e. The Kier molecular flexibility index (Phi) is 4.93. The molecule has 2 aromatic rings. The fraction of sp³-hybridized carbons (Fsp3) is 0.200. The van der Waals surface area contributed by atoms with Crippen molar-refractivity contribution in [2.45, 2.75) is 13.0 Å². The van der Waals surface area contributed by atoms with Gasteiger partial charge in [0, 0.05) is 6.07 Å². The minimum Gasteiger partial charge on any atom is -0.497 e. The molecule has 1 aliphatic rings. The van der Waals surface area contributed by atoms with Gasteiger partial charge in [0.05, 0.1) is 19.8 Å². The van der Waals surface area contributed by atoms with E-state index < -0.39 is 12.1 Å². The summed E-state index contributed by atoms with van der Waals surface area (Å²) in [6.45, 7) is 1.58. The number of methoxy groups -OCH3 is 2. The van der Waals surface area contributed by atoms with E-state index >= 15 is 0 Å². The summed E-state index contributed by atoms with van der Waals surface area (Å²) in [4.78, 5) is 24.0. The predicted octanol–water partition coefficient (Wildman–Crippen LogP) is 3.25. The summed E-state index contributed by atoms with van der Waals surface area (Å²) in [5.41, 5.74) is 1.23. The van der Waals surface area contributed by atoms with Crippen molar-refractivity contribution in [2.24, 2.45) is 0 Å². The zero-order chi connectivity index (χ0) is 18.7. The van der Waals surface area contributed by atoms with Crippen molar-refractivity contribution in [2.75, 3.05) is 14.2 Å². The number of esters is 1. The second kappa shape index (κ2) is 7.31. The van der Waals surface area contributed by atoms with Crippen LogP contribution in [0.2, 0.25) is 0 Å². The molecule has 1 atom stereocenters. The van der Waals surface area contributed by atoms with E-state index in [0.717, 1.165) is 5.56 Å².